The second kappa shape index (κ2) is 8.78. The Morgan fingerprint density at radius 3 is 2.55 bits per heavy atom. The van der Waals surface area contributed by atoms with Crippen molar-refractivity contribution < 1.29 is 17.9 Å². The molecule has 0 fully saturated rings. The number of hydrogen-bond acceptors (Lipinski definition) is 6. The van der Waals surface area contributed by atoms with Gasteiger partial charge in [-0.05, 0) is 74.3 Å². The van der Waals surface area contributed by atoms with Crippen LogP contribution in [0.15, 0.2) is 29.2 Å². The van der Waals surface area contributed by atoms with E-state index in [-0.39, 0.29) is 10.9 Å². The van der Waals surface area contributed by atoms with Crippen LogP contribution in [0.3, 0.4) is 0 Å². The van der Waals surface area contributed by atoms with Crippen LogP contribution in [0.4, 0.5) is 10.7 Å². The van der Waals surface area contributed by atoms with Crippen LogP contribution in [0.25, 0.3) is 0 Å². The van der Waals surface area contributed by atoms with Gasteiger partial charge in [0, 0.05) is 10.6 Å². The molecule has 29 heavy (non-hydrogen) atoms. The van der Waals surface area contributed by atoms with Gasteiger partial charge in [-0.2, -0.15) is 0 Å². The third kappa shape index (κ3) is 4.77. The van der Waals surface area contributed by atoms with Crippen LogP contribution in [0, 0.1) is 5.92 Å². The summed E-state index contributed by atoms with van der Waals surface area (Å²) in [5.41, 5.74) is 2.23. The molecule has 1 aliphatic carbocycles. The number of sulfonamides is 1. The van der Waals surface area contributed by atoms with Crippen molar-refractivity contribution >= 4 is 55.3 Å². The number of carbonyl (C=O) groups is 1. The van der Waals surface area contributed by atoms with Crippen molar-refractivity contribution in [2.75, 3.05) is 24.8 Å². The first kappa shape index (κ1) is 21.7. The van der Waals surface area contributed by atoms with Gasteiger partial charge >= 0.3 is 5.97 Å². The van der Waals surface area contributed by atoms with E-state index in [4.69, 9.17) is 17.0 Å². The Kier molecular flexibility index (Phi) is 6.57. The van der Waals surface area contributed by atoms with Gasteiger partial charge in [0.05, 0.1) is 17.6 Å². The van der Waals surface area contributed by atoms with Crippen molar-refractivity contribution in [1.82, 2.24) is 4.72 Å². The van der Waals surface area contributed by atoms with Crippen molar-refractivity contribution in [2.24, 2.45) is 5.92 Å². The molecule has 1 aromatic carbocycles. The molecule has 0 bridgehead atoms. The molecule has 0 saturated carbocycles. The number of anilines is 2. The first-order valence-corrected chi connectivity index (χ1v) is 11.8. The molecule has 10 heteroatoms. The molecule has 1 aromatic heterocycles. The van der Waals surface area contributed by atoms with Gasteiger partial charge < -0.3 is 15.4 Å². The van der Waals surface area contributed by atoms with Crippen LogP contribution in [0.5, 0.6) is 0 Å². The number of benzene rings is 1. The fourth-order valence-corrected chi connectivity index (χ4v) is 5.68. The second-order valence-electron chi connectivity index (χ2n) is 6.86. The molecule has 0 aliphatic heterocycles. The molecule has 3 rings (SSSR count). The standard InChI is InChI=1S/C19H23N3O4S3/c1-11-4-9-14-15(10-11)28-17(16(14)18(23)26-3)22-19(27)21-12-5-7-13(8-6-12)29(24,25)20-2/h5-8,11,20H,4,9-10H2,1-3H3,(H2,21,22,27). The number of esters is 1. The average Bonchev–Trinajstić information content (AvgIpc) is 3.04. The lowest BCUT2D eigenvalue weighted by Gasteiger charge is -2.18. The SMILES string of the molecule is CNS(=O)(=O)c1ccc(NC(=S)Nc2sc3c(c2C(=O)OC)CCC(C)C3)cc1. The molecule has 156 valence electrons. The predicted octanol–water partition coefficient (Wildman–Crippen LogP) is 3.38. The Morgan fingerprint density at radius 2 is 1.93 bits per heavy atom. The summed E-state index contributed by atoms with van der Waals surface area (Å²) in [6, 6.07) is 6.23. The van der Waals surface area contributed by atoms with Crippen LogP contribution in [-0.4, -0.2) is 33.7 Å². The number of carbonyl (C=O) groups excluding carboxylic acids is 1. The van der Waals surface area contributed by atoms with E-state index in [1.165, 1.54) is 42.5 Å². The summed E-state index contributed by atoms with van der Waals surface area (Å²) in [7, 11) is -0.757. The van der Waals surface area contributed by atoms with Gasteiger partial charge in [-0.1, -0.05) is 6.92 Å². The number of nitrogens with one attached hydrogen (secondary N) is 3. The summed E-state index contributed by atoms with van der Waals surface area (Å²) < 4.78 is 30.9. The van der Waals surface area contributed by atoms with Crippen molar-refractivity contribution in [3.8, 4) is 0 Å². The molecule has 2 aromatic rings. The molecule has 3 N–H and O–H groups in total. The zero-order valence-electron chi connectivity index (χ0n) is 16.4. The van der Waals surface area contributed by atoms with Crippen LogP contribution in [0.1, 0.15) is 34.1 Å². The summed E-state index contributed by atoms with van der Waals surface area (Å²) in [5, 5.41) is 7.11. The molecule has 1 unspecified atom stereocenters. The maximum Gasteiger partial charge on any atom is 0.341 e. The van der Waals surface area contributed by atoms with Crippen molar-refractivity contribution in [2.45, 2.75) is 31.1 Å². The highest BCUT2D eigenvalue weighted by atomic mass is 32.2. The third-order valence-electron chi connectivity index (χ3n) is 4.82. The molecule has 7 nitrogen and oxygen atoms in total. The van der Waals surface area contributed by atoms with Gasteiger partial charge in [0.2, 0.25) is 10.0 Å². The summed E-state index contributed by atoms with van der Waals surface area (Å²) in [6.07, 6.45) is 2.83. The third-order valence-corrected chi connectivity index (χ3v) is 7.62. The van der Waals surface area contributed by atoms with Gasteiger partial charge in [-0.3, -0.25) is 0 Å². The van der Waals surface area contributed by atoms with Crippen LogP contribution in [0.2, 0.25) is 0 Å². The number of methoxy groups -OCH3 is 1. The van der Waals surface area contributed by atoms with Gasteiger partial charge in [0.15, 0.2) is 5.11 Å². The highest BCUT2D eigenvalue weighted by Gasteiger charge is 2.28. The minimum Gasteiger partial charge on any atom is -0.465 e. The Hall–Kier alpha value is -2.01. The van der Waals surface area contributed by atoms with Crippen molar-refractivity contribution in [3.63, 3.8) is 0 Å². The second-order valence-corrected chi connectivity index (χ2v) is 10.3. The molecule has 1 atom stereocenters. The fourth-order valence-electron chi connectivity index (χ4n) is 3.26. The lowest BCUT2D eigenvalue weighted by molar-refractivity contribution is 0.0601. The minimum absolute atomic E-state index is 0.164. The largest absolute Gasteiger partial charge is 0.465 e. The number of hydrogen-bond donors (Lipinski definition) is 3. The van der Waals surface area contributed by atoms with Gasteiger partial charge in [0.1, 0.15) is 5.00 Å². The van der Waals surface area contributed by atoms with E-state index >= 15 is 0 Å². The Balaban J connectivity index is 1.78. The Morgan fingerprint density at radius 1 is 1.24 bits per heavy atom. The normalized spacial score (nSPS) is 16.0. The maximum absolute atomic E-state index is 12.4. The first-order valence-electron chi connectivity index (χ1n) is 9.09. The highest BCUT2D eigenvalue weighted by Crippen LogP contribution is 2.40. The molecule has 1 aliphatic rings. The zero-order chi connectivity index (χ0) is 21.2. The molecule has 0 amide bonds. The van der Waals surface area contributed by atoms with Crippen molar-refractivity contribution in [3.05, 3.63) is 40.3 Å². The van der Waals surface area contributed by atoms with E-state index in [0.717, 1.165) is 24.8 Å². The number of rotatable bonds is 5. The Labute approximate surface area is 179 Å². The molecule has 0 radical (unpaired) electrons. The molecule has 0 spiro atoms. The van der Waals surface area contributed by atoms with E-state index < -0.39 is 10.0 Å². The summed E-state index contributed by atoms with van der Waals surface area (Å²) in [5.74, 6) is 0.209. The lowest BCUT2D eigenvalue weighted by atomic mass is 9.88. The summed E-state index contributed by atoms with van der Waals surface area (Å²) in [6.45, 7) is 2.21. The molecule has 0 saturated heterocycles. The van der Waals surface area contributed by atoms with E-state index in [1.807, 2.05) is 0 Å². The number of ether oxygens (including phenoxy) is 1. The van der Waals surface area contributed by atoms with Gasteiger partial charge in [-0.15, -0.1) is 11.3 Å². The maximum atomic E-state index is 12.4. The summed E-state index contributed by atoms with van der Waals surface area (Å²) in [4.78, 5) is 13.7. The number of fused-ring (bicyclic) bond motifs is 1. The number of thiophene rings is 1. The van der Waals surface area contributed by atoms with Gasteiger partial charge in [-0.25, -0.2) is 17.9 Å². The average molecular weight is 454 g/mol. The Bertz CT molecular complexity index is 1030. The van der Waals surface area contributed by atoms with E-state index in [9.17, 15) is 13.2 Å². The molecular formula is C19H23N3O4S3. The topological polar surface area (TPSA) is 96.5 Å². The monoisotopic (exact) mass is 453 g/mol. The molecular weight excluding hydrogens is 430 g/mol. The first-order chi connectivity index (χ1) is 13.7. The van der Waals surface area contributed by atoms with Crippen LogP contribution in [-0.2, 0) is 27.6 Å². The lowest BCUT2D eigenvalue weighted by Crippen LogP contribution is -2.21. The van der Waals surface area contributed by atoms with Gasteiger partial charge in [0.25, 0.3) is 0 Å². The van der Waals surface area contributed by atoms with Crippen LogP contribution < -0.4 is 15.4 Å². The van der Waals surface area contributed by atoms with E-state index in [1.54, 1.807) is 12.1 Å². The van der Waals surface area contributed by atoms with E-state index in [0.29, 0.717) is 27.3 Å². The summed E-state index contributed by atoms with van der Waals surface area (Å²) >= 11 is 6.93. The smallest absolute Gasteiger partial charge is 0.341 e. The minimum atomic E-state index is -3.49. The zero-order valence-corrected chi connectivity index (χ0v) is 18.8. The molecule has 1 heterocycles. The fraction of sp³-hybridized carbons (Fsp3) is 0.368. The van der Waals surface area contributed by atoms with Crippen LogP contribution >= 0.6 is 23.6 Å². The predicted molar refractivity (Wildman–Crippen MR) is 119 cm³/mol. The van der Waals surface area contributed by atoms with Crippen molar-refractivity contribution in [1.29, 1.82) is 0 Å². The van der Waals surface area contributed by atoms with E-state index in [2.05, 4.69) is 22.3 Å². The highest BCUT2D eigenvalue weighted by molar-refractivity contribution is 7.89. The quantitative estimate of drug-likeness (QED) is 0.472. The number of thiocarbonyl (C=S) groups is 1.